The minimum Gasteiger partial charge on any atom is -0.366 e. The van der Waals surface area contributed by atoms with Gasteiger partial charge in [-0.25, -0.2) is 0 Å². The van der Waals surface area contributed by atoms with E-state index in [1.165, 1.54) is 6.20 Å². The van der Waals surface area contributed by atoms with Crippen molar-refractivity contribution in [3.8, 4) is 11.3 Å². The van der Waals surface area contributed by atoms with Gasteiger partial charge in [-0.2, -0.15) is 5.10 Å². The van der Waals surface area contributed by atoms with Crippen molar-refractivity contribution >= 4 is 5.91 Å². The molecule has 0 aliphatic rings. The predicted octanol–water partition coefficient (Wildman–Crippen LogP) is 1.70. The number of primary amides is 1. The van der Waals surface area contributed by atoms with Crippen LogP contribution in [0.5, 0.6) is 0 Å². The lowest BCUT2D eigenvalue weighted by atomic mass is 10.2. The maximum atomic E-state index is 10.9. The zero-order valence-electron chi connectivity index (χ0n) is 10.5. The van der Waals surface area contributed by atoms with E-state index in [4.69, 9.17) is 5.73 Å². The molecule has 94 valence electrons. The molecule has 2 rings (SSSR count). The Bertz CT molecular complexity index is 542. The maximum Gasteiger partial charge on any atom is 0.250 e. The Labute approximate surface area is 106 Å². The molecule has 0 radical (unpaired) electrons. The summed E-state index contributed by atoms with van der Waals surface area (Å²) in [6, 6.07) is 3.45. The van der Waals surface area contributed by atoms with Gasteiger partial charge < -0.3 is 5.73 Å². The van der Waals surface area contributed by atoms with E-state index in [-0.39, 0.29) is 0 Å². The quantitative estimate of drug-likeness (QED) is 0.889. The molecule has 0 saturated heterocycles. The molecule has 2 heterocycles. The van der Waals surface area contributed by atoms with Crippen LogP contribution in [0, 0.1) is 5.92 Å². The third-order valence-corrected chi connectivity index (χ3v) is 2.53. The van der Waals surface area contributed by atoms with Gasteiger partial charge in [-0.1, -0.05) is 13.8 Å². The molecule has 0 fully saturated rings. The average Bonchev–Trinajstić information content (AvgIpc) is 2.76. The molecule has 2 N–H and O–H groups in total. The van der Waals surface area contributed by atoms with Crippen LogP contribution in [-0.4, -0.2) is 20.7 Å². The van der Waals surface area contributed by atoms with Crippen molar-refractivity contribution in [1.82, 2.24) is 14.8 Å². The summed E-state index contributed by atoms with van der Waals surface area (Å²) in [6.07, 6.45) is 5.21. The van der Waals surface area contributed by atoms with Gasteiger partial charge in [0.15, 0.2) is 0 Å². The van der Waals surface area contributed by atoms with Gasteiger partial charge in [0, 0.05) is 24.5 Å². The van der Waals surface area contributed by atoms with E-state index < -0.39 is 5.91 Å². The van der Waals surface area contributed by atoms with Crippen LogP contribution in [0.15, 0.2) is 30.7 Å². The number of carbonyl (C=O) groups is 1. The van der Waals surface area contributed by atoms with Crippen molar-refractivity contribution in [3.63, 3.8) is 0 Å². The highest BCUT2D eigenvalue weighted by molar-refractivity contribution is 5.92. The fourth-order valence-corrected chi connectivity index (χ4v) is 1.68. The van der Waals surface area contributed by atoms with E-state index in [1.54, 1.807) is 18.3 Å². The van der Waals surface area contributed by atoms with Gasteiger partial charge in [0.05, 0.1) is 17.5 Å². The second-order valence-corrected chi connectivity index (χ2v) is 4.64. The average molecular weight is 244 g/mol. The molecule has 5 heteroatoms. The van der Waals surface area contributed by atoms with E-state index in [0.29, 0.717) is 11.5 Å². The van der Waals surface area contributed by atoms with Gasteiger partial charge in [-0.15, -0.1) is 0 Å². The van der Waals surface area contributed by atoms with Crippen molar-refractivity contribution in [2.24, 2.45) is 11.7 Å². The van der Waals surface area contributed by atoms with Crippen LogP contribution in [0.2, 0.25) is 0 Å². The molecular formula is C13H16N4O. The van der Waals surface area contributed by atoms with Crippen LogP contribution >= 0.6 is 0 Å². The summed E-state index contributed by atoms with van der Waals surface area (Å²) in [5.74, 6) is 0.0764. The fourth-order valence-electron chi connectivity index (χ4n) is 1.68. The highest BCUT2D eigenvalue weighted by Crippen LogP contribution is 2.16. The molecule has 0 atom stereocenters. The first kappa shape index (κ1) is 12.3. The Morgan fingerprint density at radius 1 is 1.39 bits per heavy atom. The summed E-state index contributed by atoms with van der Waals surface area (Å²) in [5, 5.41) is 4.28. The van der Waals surface area contributed by atoms with Crippen molar-refractivity contribution in [3.05, 3.63) is 36.3 Å². The fraction of sp³-hybridized carbons (Fsp3) is 0.308. The van der Waals surface area contributed by atoms with Crippen LogP contribution in [-0.2, 0) is 6.54 Å². The topological polar surface area (TPSA) is 73.8 Å². The molecule has 0 bridgehead atoms. The summed E-state index contributed by atoms with van der Waals surface area (Å²) in [4.78, 5) is 15.1. The van der Waals surface area contributed by atoms with Crippen molar-refractivity contribution in [1.29, 1.82) is 0 Å². The number of rotatable bonds is 4. The lowest BCUT2D eigenvalue weighted by Crippen LogP contribution is -2.10. The summed E-state index contributed by atoms with van der Waals surface area (Å²) in [6.45, 7) is 5.15. The second-order valence-electron chi connectivity index (χ2n) is 4.64. The summed E-state index contributed by atoms with van der Waals surface area (Å²) < 4.78 is 1.89. The SMILES string of the molecule is CC(C)Cn1cc(-c2ccc(C(N)=O)cn2)cn1. The summed E-state index contributed by atoms with van der Waals surface area (Å²) in [7, 11) is 0. The molecule has 0 aliphatic heterocycles. The van der Waals surface area contributed by atoms with Crippen LogP contribution in [0.1, 0.15) is 24.2 Å². The second kappa shape index (κ2) is 5.00. The number of hydrogen-bond acceptors (Lipinski definition) is 3. The zero-order chi connectivity index (χ0) is 13.1. The molecule has 0 unspecified atom stereocenters. The third-order valence-electron chi connectivity index (χ3n) is 2.53. The summed E-state index contributed by atoms with van der Waals surface area (Å²) in [5.41, 5.74) is 7.30. The first-order valence-electron chi connectivity index (χ1n) is 5.85. The zero-order valence-corrected chi connectivity index (χ0v) is 10.5. The van der Waals surface area contributed by atoms with Gasteiger partial charge in [0.1, 0.15) is 0 Å². The molecule has 0 spiro atoms. The Kier molecular flexibility index (Phi) is 3.41. The molecule has 18 heavy (non-hydrogen) atoms. The molecular weight excluding hydrogens is 228 g/mol. The Balaban J connectivity index is 2.20. The molecule has 2 aromatic heterocycles. The standard InChI is InChI=1S/C13H16N4O/c1-9(2)7-17-8-11(6-16-17)12-4-3-10(5-15-12)13(14)18/h3-6,8-9H,7H2,1-2H3,(H2,14,18). The van der Waals surface area contributed by atoms with Gasteiger partial charge in [0.25, 0.3) is 0 Å². The molecule has 0 aliphatic carbocycles. The van der Waals surface area contributed by atoms with Crippen LogP contribution in [0.4, 0.5) is 0 Å². The maximum absolute atomic E-state index is 10.9. The normalized spacial score (nSPS) is 10.8. The van der Waals surface area contributed by atoms with Crippen molar-refractivity contribution < 1.29 is 4.79 Å². The highest BCUT2D eigenvalue weighted by atomic mass is 16.1. The van der Waals surface area contributed by atoms with E-state index in [1.807, 2.05) is 10.9 Å². The van der Waals surface area contributed by atoms with Crippen molar-refractivity contribution in [2.45, 2.75) is 20.4 Å². The lowest BCUT2D eigenvalue weighted by Gasteiger charge is -2.03. The number of carbonyl (C=O) groups excluding carboxylic acids is 1. The first-order valence-corrected chi connectivity index (χ1v) is 5.85. The number of amides is 1. The molecule has 0 aromatic carbocycles. The Hall–Kier alpha value is -2.17. The molecule has 0 saturated carbocycles. The molecule has 2 aromatic rings. The predicted molar refractivity (Wildman–Crippen MR) is 68.8 cm³/mol. The van der Waals surface area contributed by atoms with Crippen molar-refractivity contribution in [2.75, 3.05) is 0 Å². The third kappa shape index (κ3) is 2.74. The highest BCUT2D eigenvalue weighted by Gasteiger charge is 2.06. The summed E-state index contributed by atoms with van der Waals surface area (Å²) >= 11 is 0. The number of hydrogen-bond donors (Lipinski definition) is 1. The molecule has 5 nitrogen and oxygen atoms in total. The van der Waals surface area contributed by atoms with Gasteiger partial charge >= 0.3 is 0 Å². The number of nitrogens with zero attached hydrogens (tertiary/aromatic N) is 3. The Morgan fingerprint density at radius 2 is 2.17 bits per heavy atom. The van der Waals surface area contributed by atoms with Crippen LogP contribution in [0.3, 0.4) is 0 Å². The largest absolute Gasteiger partial charge is 0.366 e. The van der Waals surface area contributed by atoms with Gasteiger partial charge in [0.2, 0.25) is 5.91 Å². The minimum absolute atomic E-state index is 0.410. The van der Waals surface area contributed by atoms with E-state index in [2.05, 4.69) is 23.9 Å². The first-order chi connectivity index (χ1) is 8.56. The monoisotopic (exact) mass is 244 g/mol. The van der Waals surface area contributed by atoms with Crippen LogP contribution < -0.4 is 5.73 Å². The molecule has 1 amide bonds. The van der Waals surface area contributed by atoms with E-state index in [9.17, 15) is 4.79 Å². The van der Waals surface area contributed by atoms with E-state index in [0.717, 1.165) is 17.8 Å². The lowest BCUT2D eigenvalue weighted by molar-refractivity contribution is 0.1000. The van der Waals surface area contributed by atoms with Gasteiger partial charge in [-0.3, -0.25) is 14.5 Å². The number of aromatic nitrogens is 3. The number of pyridine rings is 1. The van der Waals surface area contributed by atoms with Gasteiger partial charge in [-0.05, 0) is 18.1 Å². The van der Waals surface area contributed by atoms with Crippen LogP contribution in [0.25, 0.3) is 11.3 Å². The Morgan fingerprint density at radius 3 is 2.72 bits per heavy atom. The number of nitrogens with two attached hydrogens (primary N) is 1. The smallest absolute Gasteiger partial charge is 0.250 e. The van der Waals surface area contributed by atoms with E-state index >= 15 is 0 Å². The minimum atomic E-state index is -0.468.